The van der Waals surface area contributed by atoms with Crippen LogP contribution in [0, 0.1) is 0 Å². The Bertz CT molecular complexity index is 984. The first-order valence-electron chi connectivity index (χ1n) is 8.41. The van der Waals surface area contributed by atoms with Gasteiger partial charge in [0.2, 0.25) is 0 Å². The molecule has 0 amide bonds. The Labute approximate surface area is 166 Å². The molecule has 4 N–H and O–H groups in total. The van der Waals surface area contributed by atoms with Crippen LogP contribution < -0.4 is 11.5 Å². The van der Waals surface area contributed by atoms with Crippen LogP contribution in [0.4, 0.5) is 5.82 Å². The second-order valence-electron chi connectivity index (χ2n) is 6.07. The fourth-order valence-corrected chi connectivity index (χ4v) is 3.48. The lowest BCUT2D eigenvalue weighted by molar-refractivity contribution is 0.654. The maximum Gasteiger partial charge on any atom is 0.131 e. The van der Waals surface area contributed by atoms with E-state index < -0.39 is 10.8 Å². The van der Waals surface area contributed by atoms with Crippen molar-refractivity contribution in [3.8, 4) is 11.3 Å². The number of anilines is 1. The third kappa shape index (κ3) is 4.23. The van der Waals surface area contributed by atoms with Crippen LogP contribution in [0.2, 0.25) is 0 Å². The predicted molar refractivity (Wildman–Crippen MR) is 114 cm³/mol. The molecule has 3 aromatic rings. The summed E-state index contributed by atoms with van der Waals surface area (Å²) in [5.41, 5.74) is 16.1. The lowest BCUT2D eigenvalue weighted by Gasteiger charge is -2.08. The van der Waals surface area contributed by atoms with Gasteiger partial charge >= 0.3 is 0 Å². The van der Waals surface area contributed by atoms with Crippen molar-refractivity contribution in [2.75, 3.05) is 17.7 Å². The number of benzene rings is 2. The van der Waals surface area contributed by atoms with E-state index in [2.05, 4.69) is 5.10 Å². The molecule has 7 heteroatoms. The average Bonchev–Trinajstić information content (AvgIpc) is 3.03. The molecule has 5 nitrogen and oxygen atoms in total. The second kappa shape index (κ2) is 8.41. The molecule has 0 bridgehead atoms. The molecule has 2 aromatic carbocycles. The van der Waals surface area contributed by atoms with Gasteiger partial charge in [-0.1, -0.05) is 72.3 Å². The molecule has 140 valence electrons. The second-order valence-corrected chi connectivity index (χ2v) is 8.00. The first kappa shape index (κ1) is 19.2. The summed E-state index contributed by atoms with van der Waals surface area (Å²) >= 11 is 6.69. The summed E-state index contributed by atoms with van der Waals surface area (Å²) in [6.07, 6.45) is 1.65. The minimum atomic E-state index is -0.951. The molecule has 0 aliphatic carbocycles. The summed E-state index contributed by atoms with van der Waals surface area (Å²) in [5, 5.41) is 4.98. The highest BCUT2D eigenvalue weighted by Crippen LogP contribution is 2.37. The number of aryl methyl sites for hydroxylation is 1. The van der Waals surface area contributed by atoms with Gasteiger partial charge in [-0.3, -0.25) is 4.21 Å². The lowest BCUT2D eigenvalue weighted by atomic mass is 10.0. The molecular formula is C20H21ClN4OS. The zero-order valence-electron chi connectivity index (χ0n) is 14.9. The van der Waals surface area contributed by atoms with Crippen LogP contribution in [0.3, 0.4) is 0 Å². The molecular weight excluding hydrogens is 380 g/mol. The summed E-state index contributed by atoms with van der Waals surface area (Å²) < 4.78 is 13.1. The molecule has 1 aromatic heterocycles. The number of nitrogens with zero attached hydrogens (tertiary/aromatic N) is 2. The standard InChI is InChI=1S/C20H21ClN4OS/c1-27(26)13-12-25-20(23)16(19(24-25)15-10-6-3-7-11-15)17(21)18(22)14-8-4-2-5-9-14/h2-11H,12-13,22-23H2,1H3/b18-17+. The van der Waals surface area contributed by atoms with Crippen molar-refractivity contribution < 1.29 is 4.21 Å². The number of hydrogen-bond donors (Lipinski definition) is 2. The molecule has 3 rings (SSSR count). The van der Waals surface area contributed by atoms with E-state index in [4.69, 9.17) is 23.1 Å². The van der Waals surface area contributed by atoms with E-state index in [-0.39, 0.29) is 0 Å². The van der Waals surface area contributed by atoms with E-state index in [0.29, 0.717) is 40.1 Å². The minimum absolute atomic E-state index is 0.349. The fourth-order valence-electron chi connectivity index (χ4n) is 2.75. The van der Waals surface area contributed by atoms with Crippen molar-refractivity contribution in [2.24, 2.45) is 5.73 Å². The van der Waals surface area contributed by atoms with Crippen molar-refractivity contribution >= 4 is 38.9 Å². The molecule has 0 fully saturated rings. The fraction of sp³-hybridized carbons (Fsp3) is 0.150. The third-order valence-electron chi connectivity index (χ3n) is 4.17. The van der Waals surface area contributed by atoms with Crippen molar-refractivity contribution in [3.63, 3.8) is 0 Å². The van der Waals surface area contributed by atoms with E-state index in [1.54, 1.807) is 10.9 Å². The highest BCUT2D eigenvalue weighted by atomic mass is 35.5. The number of nitrogens with two attached hydrogens (primary N) is 2. The van der Waals surface area contributed by atoms with Crippen LogP contribution >= 0.6 is 11.6 Å². The number of aromatic nitrogens is 2. The number of nitrogen functional groups attached to an aromatic ring is 1. The van der Waals surface area contributed by atoms with Gasteiger partial charge in [-0.15, -0.1) is 0 Å². The predicted octanol–water partition coefficient (Wildman–Crippen LogP) is 3.53. The topological polar surface area (TPSA) is 86.9 Å². The number of halogens is 1. The summed E-state index contributed by atoms with van der Waals surface area (Å²) in [6.45, 7) is 0.435. The summed E-state index contributed by atoms with van der Waals surface area (Å²) in [6, 6.07) is 19.1. The van der Waals surface area contributed by atoms with Crippen molar-refractivity contribution in [2.45, 2.75) is 6.54 Å². The van der Waals surface area contributed by atoms with E-state index in [9.17, 15) is 4.21 Å². The normalized spacial score (nSPS) is 13.3. The van der Waals surface area contributed by atoms with Crippen LogP contribution in [0.1, 0.15) is 11.1 Å². The van der Waals surface area contributed by atoms with Crippen molar-refractivity contribution in [3.05, 3.63) is 71.8 Å². The quantitative estimate of drug-likeness (QED) is 0.662. The maximum absolute atomic E-state index is 11.5. The van der Waals surface area contributed by atoms with Crippen molar-refractivity contribution in [1.29, 1.82) is 0 Å². The van der Waals surface area contributed by atoms with E-state index in [1.807, 2.05) is 60.7 Å². The summed E-state index contributed by atoms with van der Waals surface area (Å²) in [4.78, 5) is 0. The van der Waals surface area contributed by atoms with Crippen LogP contribution in [0.25, 0.3) is 22.0 Å². The zero-order valence-corrected chi connectivity index (χ0v) is 16.5. The van der Waals surface area contributed by atoms with Gasteiger partial charge < -0.3 is 11.5 Å². The van der Waals surface area contributed by atoms with E-state index >= 15 is 0 Å². The Morgan fingerprint density at radius 1 is 1.11 bits per heavy atom. The van der Waals surface area contributed by atoms with Gasteiger partial charge in [0.1, 0.15) is 11.5 Å². The lowest BCUT2D eigenvalue weighted by Crippen LogP contribution is -2.11. The summed E-state index contributed by atoms with van der Waals surface area (Å²) in [7, 11) is -0.951. The van der Waals surface area contributed by atoms with Gasteiger partial charge in [0.05, 0.1) is 22.8 Å². The Kier molecular flexibility index (Phi) is 5.98. The largest absolute Gasteiger partial charge is 0.397 e. The molecule has 0 saturated carbocycles. The Morgan fingerprint density at radius 3 is 2.30 bits per heavy atom. The van der Waals surface area contributed by atoms with Crippen LogP contribution in [0.5, 0.6) is 0 Å². The first-order valence-corrected chi connectivity index (χ1v) is 10.5. The SMILES string of the molecule is CS(=O)CCn1nc(-c2ccccc2)c(/C(Cl)=C(\N)c2ccccc2)c1N. The monoisotopic (exact) mass is 400 g/mol. The zero-order chi connectivity index (χ0) is 19.4. The number of rotatable bonds is 6. The van der Waals surface area contributed by atoms with Crippen LogP contribution in [-0.4, -0.2) is 26.0 Å². The molecule has 1 unspecified atom stereocenters. The molecule has 27 heavy (non-hydrogen) atoms. The molecule has 0 aliphatic heterocycles. The highest BCUT2D eigenvalue weighted by molar-refractivity contribution is 7.84. The van der Waals surface area contributed by atoms with E-state index in [0.717, 1.165) is 11.1 Å². The first-order chi connectivity index (χ1) is 13.0. The average molecular weight is 401 g/mol. The van der Waals surface area contributed by atoms with Gasteiger partial charge in [-0.05, 0) is 5.56 Å². The molecule has 1 heterocycles. The van der Waals surface area contributed by atoms with Gasteiger partial charge in [-0.2, -0.15) is 5.10 Å². The maximum atomic E-state index is 11.5. The van der Waals surface area contributed by atoms with Gasteiger partial charge in [0.15, 0.2) is 0 Å². The Hall–Kier alpha value is -2.57. The van der Waals surface area contributed by atoms with Crippen LogP contribution in [0.15, 0.2) is 60.7 Å². The third-order valence-corrected chi connectivity index (χ3v) is 5.32. The van der Waals surface area contributed by atoms with Crippen molar-refractivity contribution in [1.82, 2.24) is 9.78 Å². The molecule has 0 radical (unpaired) electrons. The minimum Gasteiger partial charge on any atom is -0.397 e. The van der Waals surface area contributed by atoms with Crippen LogP contribution in [-0.2, 0) is 17.3 Å². The van der Waals surface area contributed by atoms with Gasteiger partial charge in [-0.25, -0.2) is 4.68 Å². The van der Waals surface area contributed by atoms with Gasteiger partial charge in [0, 0.05) is 28.4 Å². The molecule has 0 aliphatic rings. The van der Waals surface area contributed by atoms with E-state index in [1.165, 1.54) is 0 Å². The van der Waals surface area contributed by atoms with Gasteiger partial charge in [0.25, 0.3) is 0 Å². The molecule has 0 spiro atoms. The molecule has 0 saturated heterocycles. The summed E-state index contributed by atoms with van der Waals surface area (Å²) in [5.74, 6) is 0.859. The Balaban J connectivity index is 2.16. The Morgan fingerprint density at radius 2 is 1.70 bits per heavy atom. The smallest absolute Gasteiger partial charge is 0.131 e. The molecule has 1 atom stereocenters. The highest BCUT2D eigenvalue weighted by Gasteiger charge is 2.22. The number of hydrogen-bond acceptors (Lipinski definition) is 4.